The Morgan fingerprint density at radius 3 is 2.61 bits per heavy atom. The van der Waals surface area contributed by atoms with Crippen molar-refractivity contribution in [2.75, 3.05) is 39.3 Å². The van der Waals surface area contributed by atoms with E-state index in [4.69, 9.17) is 0 Å². The lowest BCUT2D eigenvalue weighted by atomic mass is 10.2. The van der Waals surface area contributed by atoms with E-state index in [1.807, 2.05) is 6.92 Å². The van der Waals surface area contributed by atoms with Crippen molar-refractivity contribution in [1.82, 2.24) is 24.3 Å². The van der Waals surface area contributed by atoms with Gasteiger partial charge >= 0.3 is 0 Å². The highest BCUT2D eigenvalue weighted by molar-refractivity contribution is 7.89. The average Bonchev–Trinajstić information content (AvgIpc) is 3.32. The Balaban J connectivity index is 0.00000225. The van der Waals surface area contributed by atoms with Crippen LogP contribution in [0.5, 0.6) is 0 Å². The predicted molar refractivity (Wildman–Crippen MR) is 107 cm³/mol. The number of nitrogens with one attached hydrogen (secondary N) is 1. The molecule has 2 aliphatic heterocycles. The van der Waals surface area contributed by atoms with Gasteiger partial charge in [-0.15, -0.1) is 12.4 Å². The van der Waals surface area contributed by atoms with E-state index in [1.165, 1.54) is 21.1 Å². The molecule has 0 spiro atoms. The Kier molecular flexibility index (Phi) is 6.41. The summed E-state index contributed by atoms with van der Waals surface area (Å²) in [7, 11) is -3.71. The topological polar surface area (TPSA) is 70.5 Å². The minimum absolute atomic E-state index is 0. The van der Waals surface area contributed by atoms with Gasteiger partial charge < -0.3 is 5.32 Å². The molecular weight excluding hydrogens is 405 g/mol. The summed E-state index contributed by atoms with van der Waals surface area (Å²) < 4.78 is 43.4. The molecule has 7 nitrogen and oxygen atoms in total. The standard InChI is InChI=1S/C18H24FN5O2S.ClH/c1-14-11-21-24(12-14)18-3-2-16(10-17(18)19)27(25,26)23-7-4-15(13-23)22-8-5-20-6-9-22;/h2-3,10-12,15,20H,4-9,13H2,1H3;1H. The fraction of sp³-hybridized carbons (Fsp3) is 0.500. The van der Waals surface area contributed by atoms with Gasteiger partial charge in [0.2, 0.25) is 10.0 Å². The molecule has 2 saturated heterocycles. The van der Waals surface area contributed by atoms with Gasteiger partial charge in [0, 0.05) is 51.5 Å². The number of hydrogen-bond acceptors (Lipinski definition) is 5. The van der Waals surface area contributed by atoms with Crippen molar-refractivity contribution in [2.45, 2.75) is 24.3 Å². The van der Waals surface area contributed by atoms with Crippen LogP contribution < -0.4 is 5.32 Å². The molecule has 2 aliphatic rings. The summed E-state index contributed by atoms with van der Waals surface area (Å²) in [6, 6.07) is 4.26. The van der Waals surface area contributed by atoms with Crippen molar-refractivity contribution >= 4 is 22.4 Å². The van der Waals surface area contributed by atoms with Crippen molar-refractivity contribution in [3.63, 3.8) is 0 Å². The van der Waals surface area contributed by atoms with Gasteiger partial charge in [0.15, 0.2) is 0 Å². The fourth-order valence-corrected chi connectivity index (χ4v) is 5.31. The van der Waals surface area contributed by atoms with Crippen LogP contribution in [-0.4, -0.2) is 72.7 Å². The number of halogens is 2. The molecule has 4 rings (SSSR count). The first-order valence-corrected chi connectivity index (χ1v) is 10.7. The van der Waals surface area contributed by atoms with E-state index in [2.05, 4.69) is 15.3 Å². The van der Waals surface area contributed by atoms with Crippen molar-refractivity contribution in [2.24, 2.45) is 0 Å². The van der Waals surface area contributed by atoms with Gasteiger partial charge in [0.1, 0.15) is 11.5 Å². The Bertz CT molecular complexity index is 930. The Morgan fingerprint density at radius 2 is 1.96 bits per heavy atom. The van der Waals surface area contributed by atoms with Gasteiger partial charge in [-0.05, 0) is 37.1 Å². The molecule has 1 unspecified atom stereocenters. The van der Waals surface area contributed by atoms with Crippen LogP contribution in [0, 0.1) is 12.7 Å². The quantitative estimate of drug-likeness (QED) is 0.795. The largest absolute Gasteiger partial charge is 0.314 e. The Morgan fingerprint density at radius 1 is 1.21 bits per heavy atom. The summed E-state index contributed by atoms with van der Waals surface area (Å²) in [5.74, 6) is -0.600. The van der Waals surface area contributed by atoms with E-state index in [1.54, 1.807) is 12.4 Å². The van der Waals surface area contributed by atoms with E-state index in [-0.39, 0.29) is 29.0 Å². The summed E-state index contributed by atoms with van der Waals surface area (Å²) in [5.41, 5.74) is 1.14. The molecule has 2 aromatic rings. The molecule has 0 saturated carbocycles. The Hall–Kier alpha value is -1.52. The van der Waals surface area contributed by atoms with Crippen LogP contribution in [0.1, 0.15) is 12.0 Å². The summed E-state index contributed by atoms with van der Waals surface area (Å²) in [5, 5.41) is 7.39. The lowest BCUT2D eigenvalue weighted by Crippen LogP contribution is -2.49. The summed E-state index contributed by atoms with van der Waals surface area (Å²) in [4.78, 5) is 2.34. The van der Waals surface area contributed by atoms with Crippen molar-refractivity contribution < 1.29 is 12.8 Å². The maximum atomic E-state index is 14.6. The van der Waals surface area contributed by atoms with Gasteiger partial charge in [-0.1, -0.05) is 0 Å². The van der Waals surface area contributed by atoms with Crippen molar-refractivity contribution in [3.8, 4) is 5.69 Å². The highest BCUT2D eigenvalue weighted by Gasteiger charge is 2.35. The van der Waals surface area contributed by atoms with E-state index in [0.29, 0.717) is 13.1 Å². The number of aryl methyl sites for hydroxylation is 1. The number of piperazine rings is 1. The van der Waals surface area contributed by atoms with Crippen LogP contribution in [0.4, 0.5) is 4.39 Å². The first-order valence-electron chi connectivity index (χ1n) is 9.21. The molecule has 0 amide bonds. The maximum absolute atomic E-state index is 14.6. The van der Waals surface area contributed by atoms with Gasteiger partial charge in [-0.25, -0.2) is 17.5 Å². The molecule has 3 heterocycles. The predicted octanol–water partition coefficient (Wildman–Crippen LogP) is 1.41. The molecule has 28 heavy (non-hydrogen) atoms. The van der Waals surface area contributed by atoms with Crippen molar-refractivity contribution in [1.29, 1.82) is 0 Å². The highest BCUT2D eigenvalue weighted by Crippen LogP contribution is 2.26. The van der Waals surface area contributed by atoms with Gasteiger partial charge in [-0.3, -0.25) is 4.90 Å². The van der Waals surface area contributed by atoms with E-state index in [0.717, 1.165) is 44.2 Å². The molecule has 10 heteroatoms. The lowest BCUT2D eigenvalue weighted by Gasteiger charge is -2.32. The second kappa shape index (κ2) is 8.46. The van der Waals surface area contributed by atoms with Crippen molar-refractivity contribution in [3.05, 3.63) is 42.0 Å². The van der Waals surface area contributed by atoms with E-state index in [9.17, 15) is 12.8 Å². The van der Waals surface area contributed by atoms with Crippen LogP contribution in [0.2, 0.25) is 0 Å². The number of hydrogen-bond donors (Lipinski definition) is 1. The zero-order valence-corrected chi connectivity index (χ0v) is 17.3. The molecule has 1 N–H and O–H groups in total. The van der Waals surface area contributed by atoms with Crippen LogP contribution in [0.3, 0.4) is 0 Å². The molecule has 1 aromatic carbocycles. The number of rotatable bonds is 4. The molecular formula is C18H25ClFN5O2S. The first kappa shape index (κ1) is 21.2. The van der Waals surface area contributed by atoms with Crippen LogP contribution in [-0.2, 0) is 10.0 Å². The monoisotopic (exact) mass is 429 g/mol. The molecule has 1 atom stereocenters. The zero-order valence-electron chi connectivity index (χ0n) is 15.7. The second-order valence-electron chi connectivity index (χ2n) is 7.17. The third-order valence-corrected chi connectivity index (χ3v) is 7.17. The number of benzene rings is 1. The Labute approximate surface area is 171 Å². The summed E-state index contributed by atoms with van der Waals surface area (Å²) in [6.07, 6.45) is 4.14. The normalized spacial score (nSPS) is 21.6. The number of sulfonamides is 1. The first-order chi connectivity index (χ1) is 12.9. The number of aromatic nitrogens is 2. The van der Waals surface area contributed by atoms with Gasteiger partial charge in [0.05, 0.1) is 11.1 Å². The highest BCUT2D eigenvalue weighted by atomic mass is 35.5. The maximum Gasteiger partial charge on any atom is 0.243 e. The molecule has 154 valence electrons. The SMILES string of the molecule is Cc1cnn(-c2ccc(S(=O)(=O)N3CCC(N4CCNCC4)C3)cc2F)c1.Cl. The molecule has 0 aliphatic carbocycles. The summed E-state index contributed by atoms with van der Waals surface area (Å²) in [6.45, 7) is 6.53. The molecule has 1 aromatic heterocycles. The van der Waals surface area contributed by atoms with Crippen LogP contribution in [0.25, 0.3) is 5.69 Å². The summed E-state index contributed by atoms with van der Waals surface area (Å²) >= 11 is 0. The van der Waals surface area contributed by atoms with Crippen LogP contribution >= 0.6 is 12.4 Å². The minimum Gasteiger partial charge on any atom is -0.314 e. The van der Waals surface area contributed by atoms with Gasteiger partial charge in [-0.2, -0.15) is 9.40 Å². The number of nitrogens with zero attached hydrogens (tertiary/aromatic N) is 4. The zero-order chi connectivity index (χ0) is 19.0. The lowest BCUT2D eigenvalue weighted by molar-refractivity contribution is 0.179. The molecule has 0 radical (unpaired) electrons. The fourth-order valence-electron chi connectivity index (χ4n) is 3.80. The third-order valence-electron chi connectivity index (χ3n) is 5.31. The van der Waals surface area contributed by atoms with Crippen LogP contribution in [0.15, 0.2) is 35.5 Å². The second-order valence-corrected chi connectivity index (χ2v) is 9.10. The molecule has 0 bridgehead atoms. The van der Waals surface area contributed by atoms with E-state index >= 15 is 0 Å². The minimum atomic E-state index is -3.71. The molecule has 2 fully saturated rings. The smallest absolute Gasteiger partial charge is 0.243 e. The van der Waals surface area contributed by atoms with Gasteiger partial charge in [0.25, 0.3) is 0 Å². The van der Waals surface area contributed by atoms with E-state index < -0.39 is 15.8 Å². The third kappa shape index (κ3) is 4.08. The average molecular weight is 430 g/mol.